The lowest BCUT2D eigenvalue weighted by Crippen LogP contribution is -3.14. The minimum absolute atomic E-state index is 0.321. The van der Waals surface area contributed by atoms with Crippen LogP contribution in [0.3, 0.4) is 0 Å². The molecular weight excluding hydrogens is 300 g/mol. The fourth-order valence-electron chi connectivity index (χ4n) is 2.47. The molecule has 0 bridgehead atoms. The Morgan fingerprint density at radius 1 is 1.41 bits per heavy atom. The number of hydrogen-bond donors (Lipinski definition) is 2. The van der Waals surface area contributed by atoms with E-state index >= 15 is 0 Å². The number of oxazole rings is 1. The zero-order chi connectivity index (χ0) is 15.2. The molecule has 3 heterocycles. The van der Waals surface area contributed by atoms with Crippen LogP contribution in [-0.4, -0.2) is 44.4 Å². The smallest absolute Gasteiger partial charge is 0.240 e. The van der Waals surface area contributed by atoms with Gasteiger partial charge in [0.1, 0.15) is 19.2 Å². The van der Waals surface area contributed by atoms with Crippen molar-refractivity contribution in [3.05, 3.63) is 23.2 Å². The maximum absolute atomic E-state index is 9.16. The van der Waals surface area contributed by atoms with Crippen molar-refractivity contribution in [2.75, 3.05) is 44.7 Å². The number of hydrogen-bond acceptors (Lipinski definition) is 6. The van der Waals surface area contributed by atoms with Crippen molar-refractivity contribution in [3.63, 3.8) is 0 Å². The van der Waals surface area contributed by atoms with Crippen molar-refractivity contribution < 1.29 is 14.1 Å². The fraction of sp³-hybridized carbons (Fsp3) is 0.467. The summed E-state index contributed by atoms with van der Waals surface area (Å²) in [6.45, 7) is 5.74. The monoisotopic (exact) mass is 319 g/mol. The third-order valence-electron chi connectivity index (χ3n) is 3.66. The quantitative estimate of drug-likeness (QED) is 0.777. The molecule has 0 unspecified atom stereocenters. The number of rotatable bonds is 6. The molecule has 1 aliphatic heterocycles. The number of aromatic nitrogens is 1. The predicted octanol–water partition coefficient (Wildman–Crippen LogP) is 0.992. The van der Waals surface area contributed by atoms with Crippen LogP contribution in [0.4, 0.5) is 5.88 Å². The number of nitrogens with one attached hydrogen (secondary N) is 2. The van der Waals surface area contributed by atoms with Gasteiger partial charge in [0.15, 0.2) is 0 Å². The normalized spacial score (nSPS) is 15.6. The van der Waals surface area contributed by atoms with E-state index in [2.05, 4.69) is 16.4 Å². The van der Waals surface area contributed by atoms with E-state index in [1.54, 1.807) is 16.2 Å². The summed E-state index contributed by atoms with van der Waals surface area (Å²) in [6, 6.07) is 5.96. The number of quaternary nitrogens is 1. The van der Waals surface area contributed by atoms with Crippen LogP contribution < -0.4 is 10.2 Å². The molecule has 116 valence electrons. The van der Waals surface area contributed by atoms with Gasteiger partial charge >= 0.3 is 0 Å². The lowest BCUT2D eigenvalue weighted by Gasteiger charge is -2.23. The molecule has 0 amide bonds. The van der Waals surface area contributed by atoms with Gasteiger partial charge < -0.3 is 19.4 Å². The number of anilines is 1. The van der Waals surface area contributed by atoms with Gasteiger partial charge in [-0.1, -0.05) is 6.07 Å². The number of ether oxygens (including phenoxy) is 1. The van der Waals surface area contributed by atoms with Crippen LogP contribution in [0.2, 0.25) is 0 Å². The van der Waals surface area contributed by atoms with Crippen molar-refractivity contribution in [1.82, 2.24) is 4.98 Å². The molecular formula is C15H19N4O2S+. The first-order valence-corrected chi connectivity index (χ1v) is 8.35. The van der Waals surface area contributed by atoms with Gasteiger partial charge in [0.2, 0.25) is 17.5 Å². The van der Waals surface area contributed by atoms with E-state index in [-0.39, 0.29) is 0 Å². The molecule has 2 aromatic rings. The summed E-state index contributed by atoms with van der Waals surface area (Å²) in [4.78, 5) is 6.75. The summed E-state index contributed by atoms with van der Waals surface area (Å²) >= 11 is 1.55. The van der Waals surface area contributed by atoms with E-state index < -0.39 is 0 Å². The van der Waals surface area contributed by atoms with Gasteiger partial charge in [-0.3, -0.25) is 0 Å². The summed E-state index contributed by atoms with van der Waals surface area (Å²) in [7, 11) is 0. The highest BCUT2D eigenvalue weighted by Gasteiger charge is 2.16. The molecule has 0 aliphatic carbocycles. The molecule has 1 saturated heterocycles. The average molecular weight is 319 g/mol. The van der Waals surface area contributed by atoms with E-state index in [1.165, 1.54) is 0 Å². The lowest BCUT2D eigenvalue weighted by atomic mass is 10.3. The van der Waals surface area contributed by atoms with Crippen molar-refractivity contribution in [2.45, 2.75) is 6.42 Å². The highest BCUT2D eigenvalue weighted by molar-refractivity contribution is 7.13. The largest absolute Gasteiger partial charge is 0.418 e. The number of morpholine rings is 1. The van der Waals surface area contributed by atoms with E-state index in [4.69, 9.17) is 14.4 Å². The third kappa shape index (κ3) is 3.65. The minimum atomic E-state index is 0.321. The van der Waals surface area contributed by atoms with Crippen molar-refractivity contribution in [1.29, 1.82) is 5.26 Å². The van der Waals surface area contributed by atoms with Crippen LogP contribution >= 0.6 is 11.3 Å². The molecule has 7 heteroatoms. The van der Waals surface area contributed by atoms with Gasteiger partial charge in [-0.25, -0.2) is 0 Å². The Balaban J connectivity index is 1.52. The molecule has 0 spiro atoms. The van der Waals surface area contributed by atoms with E-state index in [0.29, 0.717) is 17.5 Å². The third-order valence-corrected chi connectivity index (χ3v) is 4.52. The molecule has 2 aromatic heterocycles. The van der Waals surface area contributed by atoms with Gasteiger partial charge in [-0.05, 0) is 11.4 Å². The minimum Gasteiger partial charge on any atom is -0.418 e. The molecule has 0 atom stereocenters. The fourth-order valence-corrected chi connectivity index (χ4v) is 3.12. The van der Waals surface area contributed by atoms with Crippen molar-refractivity contribution in [3.8, 4) is 16.8 Å². The first-order valence-electron chi connectivity index (χ1n) is 7.47. The van der Waals surface area contributed by atoms with Crippen molar-refractivity contribution in [2.24, 2.45) is 0 Å². The number of thiophene rings is 1. The van der Waals surface area contributed by atoms with Crippen LogP contribution in [0.5, 0.6) is 0 Å². The molecule has 22 heavy (non-hydrogen) atoms. The summed E-state index contributed by atoms with van der Waals surface area (Å²) in [6.07, 6.45) is 1.02. The van der Waals surface area contributed by atoms with Crippen LogP contribution in [0.1, 0.15) is 12.1 Å². The summed E-state index contributed by atoms with van der Waals surface area (Å²) in [5, 5.41) is 14.3. The second kappa shape index (κ2) is 7.40. The number of nitrogens with zero attached hydrogens (tertiary/aromatic N) is 2. The zero-order valence-corrected chi connectivity index (χ0v) is 13.1. The van der Waals surface area contributed by atoms with E-state index in [9.17, 15) is 0 Å². The van der Waals surface area contributed by atoms with Gasteiger partial charge in [-0.2, -0.15) is 10.2 Å². The highest BCUT2D eigenvalue weighted by atomic mass is 32.1. The Morgan fingerprint density at radius 2 is 2.27 bits per heavy atom. The van der Waals surface area contributed by atoms with E-state index in [0.717, 1.165) is 50.7 Å². The predicted molar refractivity (Wildman–Crippen MR) is 84.0 cm³/mol. The van der Waals surface area contributed by atoms with Crippen molar-refractivity contribution >= 4 is 17.2 Å². The average Bonchev–Trinajstić information content (AvgIpc) is 3.21. The Morgan fingerprint density at radius 3 is 3.00 bits per heavy atom. The molecule has 6 nitrogen and oxygen atoms in total. The number of nitriles is 1. The first-order chi connectivity index (χ1) is 10.9. The second-order valence-corrected chi connectivity index (χ2v) is 6.13. The topological polar surface area (TPSA) is 75.5 Å². The molecule has 3 rings (SSSR count). The summed E-state index contributed by atoms with van der Waals surface area (Å²) in [5.74, 6) is 0.982. The van der Waals surface area contributed by atoms with Crippen LogP contribution in [-0.2, 0) is 4.74 Å². The maximum atomic E-state index is 9.16. The molecule has 0 saturated carbocycles. The Labute approximate surface area is 133 Å². The highest BCUT2D eigenvalue weighted by Crippen LogP contribution is 2.28. The standard InChI is InChI=1S/C15H18N4O2S/c16-11-12-14(21-15(18-12)13-3-1-10-22-13)17-4-2-5-19-6-8-20-9-7-19/h1,3,10,17H,2,4-9H2/p+1. The van der Waals surface area contributed by atoms with Crippen LogP contribution in [0.15, 0.2) is 21.9 Å². The van der Waals surface area contributed by atoms with Gasteiger partial charge in [0.25, 0.3) is 0 Å². The SMILES string of the molecule is N#Cc1nc(-c2cccs2)oc1NCCC[NH+]1CCOCC1. The first kappa shape index (κ1) is 15.0. The molecule has 0 aromatic carbocycles. The Bertz CT molecular complexity index is 627. The Hall–Kier alpha value is -1.88. The van der Waals surface area contributed by atoms with E-state index in [1.807, 2.05) is 17.5 Å². The van der Waals surface area contributed by atoms with Gasteiger partial charge in [-0.15, -0.1) is 11.3 Å². The summed E-state index contributed by atoms with van der Waals surface area (Å²) < 4.78 is 11.0. The molecule has 1 aliphatic rings. The maximum Gasteiger partial charge on any atom is 0.240 e. The molecule has 2 N–H and O–H groups in total. The van der Waals surface area contributed by atoms with Crippen LogP contribution in [0, 0.1) is 11.3 Å². The lowest BCUT2D eigenvalue weighted by molar-refractivity contribution is -0.908. The van der Waals surface area contributed by atoms with Gasteiger partial charge in [0, 0.05) is 13.0 Å². The second-order valence-electron chi connectivity index (χ2n) is 5.18. The van der Waals surface area contributed by atoms with Gasteiger partial charge in [0.05, 0.1) is 24.6 Å². The summed E-state index contributed by atoms with van der Waals surface area (Å²) in [5.41, 5.74) is 0.321. The zero-order valence-electron chi connectivity index (χ0n) is 12.3. The molecule has 0 radical (unpaired) electrons. The van der Waals surface area contributed by atoms with Crippen LogP contribution in [0.25, 0.3) is 10.8 Å². The Kier molecular flexibility index (Phi) is 5.06. The molecule has 1 fully saturated rings.